The number of nitrogens with two attached hydrogens (primary N) is 1. The molecule has 2 aromatic heterocycles. The summed E-state index contributed by atoms with van der Waals surface area (Å²) in [6, 6.07) is 10.9. The Labute approximate surface area is 182 Å². The first kappa shape index (κ1) is 21.5. The van der Waals surface area contributed by atoms with Gasteiger partial charge in [0, 0.05) is 17.5 Å². The van der Waals surface area contributed by atoms with E-state index in [9.17, 15) is 10.1 Å². The molecule has 2 heterocycles. The number of methoxy groups -OCH3 is 3. The number of benzene rings is 1. The molecular weight excluding hydrogens is 422 g/mol. The summed E-state index contributed by atoms with van der Waals surface area (Å²) in [6.45, 7) is 0. The lowest BCUT2D eigenvalue weighted by Crippen LogP contribution is -2.05. The summed E-state index contributed by atoms with van der Waals surface area (Å²) in [6.07, 6.45) is 1.71. The minimum atomic E-state index is -0.321. The standard InChI is InChI=1S/C21H19N3O4S2/c1-26-15-8-12(9-16(27-2)19(15)28-3)18(25)20-17(23)14(10-22)21(30-20)29-11-13-6-4-5-7-24-13/h4-9H,11,23H2,1-3H3. The van der Waals surface area contributed by atoms with Crippen LogP contribution in [0.5, 0.6) is 17.2 Å². The largest absolute Gasteiger partial charge is 0.493 e. The highest BCUT2D eigenvalue weighted by atomic mass is 32.2. The van der Waals surface area contributed by atoms with Crippen molar-refractivity contribution in [2.75, 3.05) is 27.1 Å². The molecule has 3 rings (SSSR count). The molecule has 0 bridgehead atoms. The molecule has 0 fully saturated rings. The maximum atomic E-state index is 13.2. The quantitative estimate of drug-likeness (QED) is 0.410. The minimum absolute atomic E-state index is 0.171. The Morgan fingerprint density at radius 3 is 2.43 bits per heavy atom. The maximum absolute atomic E-state index is 13.2. The number of nitriles is 1. The van der Waals surface area contributed by atoms with E-state index in [2.05, 4.69) is 11.1 Å². The lowest BCUT2D eigenvalue weighted by atomic mass is 10.1. The van der Waals surface area contributed by atoms with E-state index in [-0.39, 0.29) is 11.5 Å². The van der Waals surface area contributed by atoms with E-state index in [4.69, 9.17) is 19.9 Å². The van der Waals surface area contributed by atoms with Crippen LogP contribution in [0.15, 0.2) is 40.7 Å². The molecule has 2 N–H and O–H groups in total. The van der Waals surface area contributed by atoms with Crippen LogP contribution in [0.4, 0.5) is 5.69 Å². The predicted molar refractivity (Wildman–Crippen MR) is 117 cm³/mol. The first-order valence-corrected chi connectivity index (χ1v) is 10.5. The summed E-state index contributed by atoms with van der Waals surface area (Å²) in [5, 5.41) is 9.57. The van der Waals surface area contributed by atoms with E-state index < -0.39 is 0 Å². The van der Waals surface area contributed by atoms with E-state index in [1.807, 2.05) is 18.2 Å². The molecule has 0 saturated heterocycles. The molecule has 7 nitrogen and oxygen atoms in total. The molecule has 0 aliphatic rings. The van der Waals surface area contributed by atoms with Crippen LogP contribution in [0.2, 0.25) is 0 Å². The third-order valence-electron chi connectivity index (χ3n) is 4.24. The van der Waals surface area contributed by atoms with Crippen molar-refractivity contribution in [3.05, 3.63) is 58.2 Å². The van der Waals surface area contributed by atoms with Crippen molar-refractivity contribution in [1.29, 1.82) is 5.26 Å². The fraction of sp³-hybridized carbons (Fsp3) is 0.190. The Bertz CT molecular complexity index is 1080. The second-order valence-electron chi connectivity index (χ2n) is 5.97. The van der Waals surface area contributed by atoms with E-state index in [1.165, 1.54) is 44.4 Å². The Kier molecular flexibility index (Phi) is 6.82. The number of ketones is 1. The van der Waals surface area contributed by atoms with Gasteiger partial charge in [0.15, 0.2) is 11.5 Å². The monoisotopic (exact) mass is 441 g/mol. The number of pyridine rings is 1. The zero-order valence-corrected chi connectivity index (χ0v) is 18.2. The van der Waals surface area contributed by atoms with Gasteiger partial charge in [0.2, 0.25) is 11.5 Å². The van der Waals surface area contributed by atoms with Crippen molar-refractivity contribution in [3.8, 4) is 23.3 Å². The van der Waals surface area contributed by atoms with Crippen molar-refractivity contribution in [1.82, 2.24) is 4.98 Å². The number of thioether (sulfide) groups is 1. The van der Waals surface area contributed by atoms with Gasteiger partial charge >= 0.3 is 0 Å². The zero-order valence-electron chi connectivity index (χ0n) is 16.6. The van der Waals surface area contributed by atoms with Gasteiger partial charge in [-0.25, -0.2) is 0 Å². The molecular formula is C21H19N3O4S2. The SMILES string of the molecule is COc1cc(C(=O)c2sc(SCc3ccccn3)c(C#N)c2N)cc(OC)c1OC. The Hall–Kier alpha value is -3.22. The average Bonchev–Trinajstić information content (AvgIpc) is 3.11. The number of ether oxygens (including phenoxy) is 3. The van der Waals surface area contributed by atoms with Crippen LogP contribution in [0, 0.1) is 11.3 Å². The van der Waals surface area contributed by atoms with Crippen LogP contribution < -0.4 is 19.9 Å². The van der Waals surface area contributed by atoms with Gasteiger partial charge < -0.3 is 19.9 Å². The molecule has 0 spiro atoms. The molecule has 0 aliphatic heterocycles. The first-order valence-electron chi connectivity index (χ1n) is 8.73. The summed E-state index contributed by atoms with van der Waals surface area (Å²) in [5.41, 5.74) is 7.84. The Morgan fingerprint density at radius 2 is 1.90 bits per heavy atom. The highest BCUT2D eigenvalue weighted by molar-refractivity contribution is 8.00. The molecule has 0 radical (unpaired) electrons. The van der Waals surface area contributed by atoms with Gasteiger partial charge in [0.05, 0.1) is 36.9 Å². The molecule has 0 amide bonds. The van der Waals surface area contributed by atoms with Crippen LogP contribution in [0.1, 0.15) is 26.5 Å². The minimum Gasteiger partial charge on any atom is -0.493 e. The Morgan fingerprint density at radius 1 is 1.20 bits per heavy atom. The topological polar surface area (TPSA) is 107 Å². The fourth-order valence-corrected chi connectivity index (χ4v) is 5.04. The summed E-state index contributed by atoms with van der Waals surface area (Å²) in [5.74, 6) is 1.35. The van der Waals surface area contributed by atoms with Gasteiger partial charge in [-0.3, -0.25) is 9.78 Å². The summed E-state index contributed by atoms with van der Waals surface area (Å²) in [7, 11) is 4.44. The number of hydrogen-bond donors (Lipinski definition) is 1. The van der Waals surface area contributed by atoms with E-state index in [0.717, 1.165) is 5.69 Å². The molecule has 3 aromatic rings. The third-order valence-corrected chi connectivity index (χ3v) is 6.74. The highest BCUT2D eigenvalue weighted by Crippen LogP contribution is 2.42. The second kappa shape index (κ2) is 9.52. The number of aromatic nitrogens is 1. The van der Waals surface area contributed by atoms with Gasteiger partial charge in [-0.2, -0.15) is 5.26 Å². The number of nitrogen functional groups attached to an aromatic ring is 1. The zero-order chi connectivity index (χ0) is 21.7. The van der Waals surface area contributed by atoms with Gasteiger partial charge in [0.25, 0.3) is 0 Å². The van der Waals surface area contributed by atoms with Crippen molar-refractivity contribution in [2.24, 2.45) is 0 Å². The molecule has 9 heteroatoms. The molecule has 30 heavy (non-hydrogen) atoms. The highest BCUT2D eigenvalue weighted by Gasteiger charge is 2.25. The van der Waals surface area contributed by atoms with Crippen molar-refractivity contribution in [2.45, 2.75) is 9.96 Å². The molecule has 0 atom stereocenters. The van der Waals surface area contributed by atoms with E-state index >= 15 is 0 Å². The number of carbonyl (C=O) groups is 1. The lowest BCUT2D eigenvalue weighted by molar-refractivity contribution is 0.104. The molecule has 0 unspecified atom stereocenters. The van der Waals surface area contributed by atoms with Crippen molar-refractivity contribution >= 4 is 34.6 Å². The normalized spacial score (nSPS) is 10.3. The number of nitrogens with zero attached hydrogens (tertiary/aromatic N) is 2. The van der Waals surface area contributed by atoms with Gasteiger partial charge in [0.1, 0.15) is 16.5 Å². The summed E-state index contributed by atoms with van der Waals surface area (Å²) >= 11 is 2.62. The van der Waals surface area contributed by atoms with Crippen molar-refractivity contribution in [3.63, 3.8) is 0 Å². The van der Waals surface area contributed by atoms with Crippen LogP contribution in [0.25, 0.3) is 0 Å². The number of anilines is 1. The lowest BCUT2D eigenvalue weighted by Gasteiger charge is -2.13. The van der Waals surface area contributed by atoms with E-state index in [0.29, 0.717) is 43.2 Å². The molecule has 0 aliphatic carbocycles. The Balaban J connectivity index is 1.97. The molecule has 154 valence electrons. The van der Waals surface area contributed by atoms with Crippen molar-refractivity contribution < 1.29 is 19.0 Å². The average molecular weight is 442 g/mol. The summed E-state index contributed by atoms with van der Waals surface area (Å²) < 4.78 is 16.6. The second-order valence-corrected chi connectivity index (χ2v) is 8.24. The smallest absolute Gasteiger partial charge is 0.205 e. The van der Waals surface area contributed by atoms with Crippen LogP contribution in [-0.2, 0) is 5.75 Å². The predicted octanol–water partition coefficient (Wildman–Crippen LogP) is 4.15. The number of thiophene rings is 1. The van der Waals surface area contributed by atoms with E-state index in [1.54, 1.807) is 18.3 Å². The molecule has 0 saturated carbocycles. The number of carbonyl (C=O) groups excluding carboxylic acids is 1. The molecule has 1 aromatic carbocycles. The van der Waals surface area contributed by atoms with Gasteiger partial charge in [-0.1, -0.05) is 6.07 Å². The van der Waals surface area contributed by atoms with Gasteiger partial charge in [-0.05, 0) is 24.3 Å². The van der Waals surface area contributed by atoms with Crippen LogP contribution >= 0.6 is 23.1 Å². The summed E-state index contributed by atoms with van der Waals surface area (Å²) in [4.78, 5) is 17.8. The van der Waals surface area contributed by atoms with Crippen LogP contribution in [0.3, 0.4) is 0 Å². The van der Waals surface area contributed by atoms with Gasteiger partial charge in [-0.15, -0.1) is 23.1 Å². The number of rotatable bonds is 8. The first-order chi connectivity index (χ1) is 14.5. The van der Waals surface area contributed by atoms with Crippen LogP contribution in [-0.4, -0.2) is 32.1 Å². The maximum Gasteiger partial charge on any atom is 0.205 e. The fourth-order valence-electron chi connectivity index (χ4n) is 2.76. The number of hydrogen-bond acceptors (Lipinski definition) is 9. The third kappa shape index (κ3) is 4.20.